The number of carbonyl (C=O) groups is 1. The Bertz CT molecular complexity index is 231. The predicted octanol–water partition coefficient (Wildman–Crippen LogP) is 5.86. The van der Waals surface area contributed by atoms with Crippen molar-refractivity contribution < 1.29 is 9.53 Å². The lowest BCUT2D eigenvalue weighted by Crippen LogP contribution is -2.27. The van der Waals surface area contributed by atoms with Crippen molar-refractivity contribution >= 4 is 17.6 Å². The molecule has 0 heterocycles. The molecule has 0 saturated carbocycles. The van der Waals surface area contributed by atoms with E-state index in [0.29, 0.717) is 0 Å². The van der Waals surface area contributed by atoms with Gasteiger partial charge in [-0.25, -0.2) is 0 Å². The van der Waals surface area contributed by atoms with Crippen LogP contribution in [-0.4, -0.2) is 17.5 Å². The standard InChI is InChI=1S/C17H33ClO2/c1-4-6-8-9-10-12-13-16(18)17(20-15(3)19)14-11-7-5-2/h16-17H,4-14H2,1-3H3. The smallest absolute Gasteiger partial charge is 0.302 e. The van der Waals surface area contributed by atoms with Gasteiger partial charge in [0.05, 0.1) is 5.38 Å². The molecule has 2 atom stereocenters. The number of rotatable bonds is 13. The highest BCUT2D eigenvalue weighted by atomic mass is 35.5. The number of hydrogen-bond acceptors (Lipinski definition) is 2. The van der Waals surface area contributed by atoms with Gasteiger partial charge < -0.3 is 4.74 Å². The Morgan fingerprint density at radius 1 is 0.900 bits per heavy atom. The molecular weight excluding hydrogens is 272 g/mol. The molecule has 3 heteroatoms. The van der Waals surface area contributed by atoms with Gasteiger partial charge in [-0.2, -0.15) is 0 Å². The van der Waals surface area contributed by atoms with Crippen LogP contribution in [0.4, 0.5) is 0 Å². The Morgan fingerprint density at radius 2 is 1.40 bits per heavy atom. The Balaban J connectivity index is 3.87. The lowest BCUT2D eigenvalue weighted by atomic mass is 10.0. The van der Waals surface area contributed by atoms with Crippen LogP contribution in [0.5, 0.6) is 0 Å². The summed E-state index contributed by atoms with van der Waals surface area (Å²) >= 11 is 6.43. The lowest BCUT2D eigenvalue weighted by Gasteiger charge is -2.22. The van der Waals surface area contributed by atoms with E-state index in [2.05, 4.69) is 13.8 Å². The van der Waals surface area contributed by atoms with E-state index in [-0.39, 0.29) is 17.5 Å². The van der Waals surface area contributed by atoms with Crippen molar-refractivity contribution in [2.24, 2.45) is 0 Å². The van der Waals surface area contributed by atoms with Crippen LogP contribution in [0.3, 0.4) is 0 Å². The maximum atomic E-state index is 11.2. The van der Waals surface area contributed by atoms with E-state index in [1.807, 2.05) is 0 Å². The molecule has 120 valence electrons. The first-order chi connectivity index (χ1) is 9.61. The van der Waals surface area contributed by atoms with Crippen molar-refractivity contribution in [1.82, 2.24) is 0 Å². The molecule has 0 bridgehead atoms. The summed E-state index contributed by atoms with van der Waals surface area (Å²) in [6.07, 6.45) is 12.8. The SMILES string of the molecule is CCCCCCCCC(Cl)C(CCCCC)OC(C)=O. The Hall–Kier alpha value is -0.240. The van der Waals surface area contributed by atoms with E-state index in [4.69, 9.17) is 16.3 Å². The van der Waals surface area contributed by atoms with E-state index < -0.39 is 0 Å². The summed E-state index contributed by atoms with van der Waals surface area (Å²) in [4.78, 5) is 11.2. The van der Waals surface area contributed by atoms with Crippen molar-refractivity contribution in [2.75, 3.05) is 0 Å². The average molecular weight is 305 g/mol. The molecule has 20 heavy (non-hydrogen) atoms. The first-order valence-corrected chi connectivity index (χ1v) is 8.86. The largest absolute Gasteiger partial charge is 0.461 e. The molecule has 0 fully saturated rings. The molecule has 0 spiro atoms. The molecule has 0 saturated heterocycles. The number of ether oxygens (including phenoxy) is 1. The molecule has 2 nitrogen and oxygen atoms in total. The molecule has 2 unspecified atom stereocenters. The highest BCUT2D eigenvalue weighted by Crippen LogP contribution is 2.21. The van der Waals surface area contributed by atoms with Crippen LogP contribution in [0.15, 0.2) is 0 Å². The number of hydrogen-bond donors (Lipinski definition) is 0. The topological polar surface area (TPSA) is 26.3 Å². The van der Waals surface area contributed by atoms with Crippen molar-refractivity contribution in [3.8, 4) is 0 Å². The predicted molar refractivity (Wildman–Crippen MR) is 87.3 cm³/mol. The third-order valence-electron chi connectivity index (χ3n) is 3.65. The number of esters is 1. The van der Waals surface area contributed by atoms with Gasteiger partial charge in [-0.05, 0) is 19.3 Å². The van der Waals surface area contributed by atoms with E-state index in [9.17, 15) is 4.79 Å². The second kappa shape index (κ2) is 13.7. The summed E-state index contributed by atoms with van der Waals surface area (Å²) in [6.45, 7) is 5.88. The maximum Gasteiger partial charge on any atom is 0.302 e. The fraction of sp³-hybridized carbons (Fsp3) is 0.941. The summed E-state index contributed by atoms with van der Waals surface area (Å²) in [5.41, 5.74) is 0. The van der Waals surface area contributed by atoms with Crippen LogP contribution < -0.4 is 0 Å². The van der Waals surface area contributed by atoms with Crippen molar-refractivity contribution in [3.63, 3.8) is 0 Å². The van der Waals surface area contributed by atoms with Crippen molar-refractivity contribution in [1.29, 1.82) is 0 Å². The molecule has 0 aromatic heterocycles. The summed E-state index contributed by atoms with van der Waals surface area (Å²) in [5.74, 6) is -0.208. The number of unbranched alkanes of at least 4 members (excludes halogenated alkanes) is 7. The Labute approximate surface area is 130 Å². The normalized spacial score (nSPS) is 14.0. The molecule has 0 aliphatic heterocycles. The van der Waals surface area contributed by atoms with E-state index in [1.54, 1.807) is 0 Å². The van der Waals surface area contributed by atoms with Crippen molar-refractivity contribution in [2.45, 2.75) is 103 Å². The Kier molecular flexibility index (Phi) is 13.6. The molecule has 0 N–H and O–H groups in total. The van der Waals surface area contributed by atoms with E-state index in [1.165, 1.54) is 51.9 Å². The molecule has 0 aromatic rings. The van der Waals surface area contributed by atoms with Gasteiger partial charge in [-0.1, -0.05) is 65.2 Å². The monoisotopic (exact) mass is 304 g/mol. The summed E-state index contributed by atoms with van der Waals surface area (Å²) < 4.78 is 5.38. The van der Waals surface area contributed by atoms with Gasteiger partial charge in [0.2, 0.25) is 0 Å². The minimum Gasteiger partial charge on any atom is -0.461 e. The molecule has 0 aliphatic carbocycles. The molecular formula is C17H33ClO2. The van der Waals surface area contributed by atoms with Gasteiger partial charge in [0.1, 0.15) is 6.10 Å². The minimum atomic E-state index is -0.208. The highest BCUT2D eigenvalue weighted by molar-refractivity contribution is 6.21. The summed E-state index contributed by atoms with van der Waals surface area (Å²) in [5, 5.41) is -0.0260. The first kappa shape index (κ1) is 19.8. The number of alkyl halides is 1. The van der Waals surface area contributed by atoms with Gasteiger partial charge in [0.25, 0.3) is 0 Å². The fourth-order valence-electron chi connectivity index (χ4n) is 2.43. The summed E-state index contributed by atoms with van der Waals surface area (Å²) in [6, 6.07) is 0. The first-order valence-electron chi connectivity index (χ1n) is 8.43. The highest BCUT2D eigenvalue weighted by Gasteiger charge is 2.21. The molecule has 0 radical (unpaired) electrons. The lowest BCUT2D eigenvalue weighted by molar-refractivity contribution is -0.146. The zero-order chi connectivity index (χ0) is 15.2. The van der Waals surface area contributed by atoms with Gasteiger partial charge in [-0.3, -0.25) is 4.79 Å². The van der Waals surface area contributed by atoms with Crippen LogP contribution in [0.2, 0.25) is 0 Å². The number of carbonyl (C=O) groups excluding carboxylic acids is 1. The van der Waals surface area contributed by atoms with Crippen LogP contribution in [0, 0.1) is 0 Å². The quantitative estimate of drug-likeness (QED) is 0.242. The van der Waals surface area contributed by atoms with Crippen LogP contribution >= 0.6 is 11.6 Å². The minimum absolute atomic E-state index is 0.0260. The van der Waals surface area contributed by atoms with Crippen LogP contribution in [0.25, 0.3) is 0 Å². The molecule has 0 rings (SSSR count). The van der Waals surface area contributed by atoms with Crippen LogP contribution in [-0.2, 0) is 9.53 Å². The zero-order valence-electron chi connectivity index (χ0n) is 13.6. The van der Waals surface area contributed by atoms with Crippen LogP contribution in [0.1, 0.15) is 91.4 Å². The van der Waals surface area contributed by atoms with E-state index >= 15 is 0 Å². The number of halogens is 1. The van der Waals surface area contributed by atoms with Gasteiger partial charge in [-0.15, -0.1) is 11.6 Å². The molecule has 0 amide bonds. The second-order valence-electron chi connectivity index (χ2n) is 5.72. The van der Waals surface area contributed by atoms with Crippen molar-refractivity contribution in [3.05, 3.63) is 0 Å². The van der Waals surface area contributed by atoms with Gasteiger partial charge >= 0.3 is 5.97 Å². The third kappa shape index (κ3) is 11.6. The summed E-state index contributed by atoms with van der Waals surface area (Å²) in [7, 11) is 0. The third-order valence-corrected chi connectivity index (χ3v) is 4.15. The van der Waals surface area contributed by atoms with E-state index in [0.717, 1.165) is 25.7 Å². The molecule has 0 aromatic carbocycles. The molecule has 0 aliphatic rings. The average Bonchev–Trinajstić information content (AvgIpc) is 2.41. The Morgan fingerprint density at radius 3 is 2.00 bits per heavy atom. The fourth-order valence-corrected chi connectivity index (χ4v) is 2.76. The zero-order valence-corrected chi connectivity index (χ0v) is 14.4. The van der Waals surface area contributed by atoms with Gasteiger partial charge in [0.15, 0.2) is 0 Å². The van der Waals surface area contributed by atoms with Gasteiger partial charge in [0, 0.05) is 6.92 Å². The second-order valence-corrected chi connectivity index (χ2v) is 6.28. The maximum absolute atomic E-state index is 11.2.